The Balaban J connectivity index is 1.90. The molecule has 152 valence electrons. The Labute approximate surface area is 173 Å². The van der Waals surface area contributed by atoms with Gasteiger partial charge in [0.1, 0.15) is 10.7 Å². The van der Waals surface area contributed by atoms with E-state index in [4.69, 9.17) is 0 Å². The summed E-state index contributed by atoms with van der Waals surface area (Å²) in [4.78, 5) is 13.1. The highest BCUT2D eigenvalue weighted by molar-refractivity contribution is 9.10. The number of aryl methyl sites for hydroxylation is 1. The van der Waals surface area contributed by atoms with Crippen LogP contribution in [0.4, 0.5) is 16.0 Å². The second-order valence-corrected chi connectivity index (χ2v) is 10.3. The standard InChI is InChI=1S/C19H24BrFN4O2S/c1-12(2)17-11-24(14-5-6-16(21)18(9-14)28(4,26)27)7-8-25(17)19-22-10-15(20)13(3)23-19/h5-6,9-10,12,17H,7-8,11H2,1-4H3. The van der Waals surface area contributed by atoms with Crippen molar-refractivity contribution in [1.29, 1.82) is 0 Å². The number of hydrogen-bond donors (Lipinski definition) is 0. The maximum Gasteiger partial charge on any atom is 0.225 e. The third-order valence-corrected chi connectivity index (χ3v) is 6.92. The number of halogens is 2. The van der Waals surface area contributed by atoms with Gasteiger partial charge in [-0.25, -0.2) is 22.8 Å². The van der Waals surface area contributed by atoms with Crippen molar-refractivity contribution in [3.63, 3.8) is 0 Å². The van der Waals surface area contributed by atoms with E-state index in [0.717, 1.165) is 16.4 Å². The Morgan fingerprint density at radius 1 is 1.29 bits per heavy atom. The predicted molar refractivity (Wildman–Crippen MR) is 112 cm³/mol. The van der Waals surface area contributed by atoms with Gasteiger partial charge >= 0.3 is 0 Å². The van der Waals surface area contributed by atoms with Crippen molar-refractivity contribution in [2.24, 2.45) is 5.92 Å². The number of piperazine rings is 1. The minimum absolute atomic E-state index is 0.140. The van der Waals surface area contributed by atoms with Crippen LogP contribution in [0.15, 0.2) is 33.8 Å². The van der Waals surface area contributed by atoms with Crippen LogP contribution in [0.2, 0.25) is 0 Å². The van der Waals surface area contributed by atoms with E-state index in [1.54, 1.807) is 12.3 Å². The van der Waals surface area contributed by atoms with Crippen LogP contribution in [0.5, 0.6) is 0 Å². The van der Waals surface area contributed by atoms with Crippen LogP contribution >= 0.6 is 15.9 Å². The number of benzene rings is 1. The highest BCUT2D eigenvalue weighted by Crippen LogP contribution is 2.28. The third kappa shape index (κ3) is 4.30. The summed E-state index contributed by atoms with van der Waals surface area (Å²) in [5.41, 5.74) is 1.59. The summed E-state index contributed by atoms with van der Waals surface area (Å²) in [5.74, 6) is 0.296. The lowest BCUT2D eigenvalue weighted by molar-refractivity contribution is 0.413. The van der Waals surface area contributed by atoms with Gasteiger partial charge in [-0.3, -0.25) is 0 Å². The highest BCUT2D eigenvalue weighted by atomic mass is 79.9. The summed E-state index contributed by atoms with van der Waals surface area (Å²) in [6, 6.07) is 4.43. The molecule has 9 heteroatoms. The monoisotopic (exact) mass is 470 g/mol. The molecule has 0 bridgehead atoms. The Kier molecular flexibility index (Phi) is 5.95. The van der Waals surface area contributed by atoms with Gasteiger partial charge in [0.2, 0.25) is 5.95 Å². The van der Waals surface area contributed by atoms with Gasteiger partial charge in [0.25, 0.3) is 0 Å². The fraction of sp³-hybridized carbons (Fsp3) is 0.474. The first-order chi connectivity index (χ1) is 13.1. The zero-order chi connectivity index (χ0) is 20.6. The number of sulfone groups is 1. The van der Waals surface area contributed by atoms with Gasteiger partial charge in [-0.2, -0.15) is 0 Å². The summed E-state index contributed by atoms with van der Waals surface area (Å²) in [6.45, 7) is 8.23. The van der Waals surface area contributed by atoms with E-state index in [-0.39, 0.29) is 10.9 Å². The van der Waals surface area contributed by atoms with Gasteiger partial charge in [0, 0.05) is 37.8 Å². The highest BCUT2D eigenvalue weighted by Gasteiger charge is 2.31. The number of hydrogen-bond acceptors (Lipinski definition) is 6. The molecule has 1 aromatic heterocycles. The van der Waals surface area contributed by atoms with Crippen LogP contribution in [0, 0.1) is 18.7 Å². The molecule has 2 heterocycles. The molecule has 6 nitrogen and oxygen atoms in total. The molecule has 0 amide bonds. The largest absolute Gasteiger partial charge is 0.368 e. The number of aromatic nitrogens is 2. The number of rotatable bonds is 4. The van der Waals surface area contributed by atoms with E-state index in [1.807, 2.05) is 6.92 Å². The van der Waals surface area contributed by atoms with Crippen molar-refractivity contribution in [3.05, 3.63) is 40.4 Å². The Bertz CT molecular complexity index is 984. The van der Waals surface area contributed by atoms with Crippen molar-refractivity contribution in [2.45, 2.75) is 31.7 Å². The van der Waals surface area contributed by atoms with Crippen molar-refractivity contribution >= 4 is 37.4 Å². The normalized spacial score (nSPS) is 18.0. The molecule has 1 aliphatic heterocycles. The van der Waals surface area contributed by atoms with E-state index in [1.165, 1.54) is 12.1 Å². The molecule has 0 aliphatic carbocycles. The molecule has 1 atom stereocenters. The first kappa shape index (κ1) is 21.0. The molecule has 0 N–H and O–H groups in total. The first-order valence-corrected chi connectivity index (χ1v) is 11.8. The molecular formula is C19H24BrFN4O2S. The van der Waals surface area contributed by atoms with Crippen molar-refractivity contribution < 1.29 is 12.8 Å². The summed E-state index contributed by atoms with van der Waals surface area (Å²) in [6.07, 6.45) is 2.79. The fourth-order valence-corrected chi connectivity index (χ4v) is 4.36. The fourth-order valence-electron chi connectivity index (χ4n) is 3.41. The molecule has 1 aromatic carbocycles. The van der Waals surface area contributed by atoms with Gasteiger partial charge in [-0.15, -0.1) is 0 Å². The van der Waals surface area contributed by atoms with Gasteiger partial charge in [0.05, 0.1) is 16.2 Å². The maximum absolute atomic E-state index is 14.0. The van der Waals surface area contributed by atoms with E-state index in [9.17, 15) is 12.8 Å². The molecule has 0 radical (unpaired) electrons. The van der Waals surface area contributed by atoms with Crippen molar-refractivity contribution in [2.75, 3.05) is 35.7 Å². The number of anilines is 2. The molecule has 1 fully saturated rings. The molecule has 2 aromatic rings. The number of nitrogens with zero attached hydrogens (tertiary/aromatic N) is 4. The summed E-state index contributed by atoms with van der Waals surface area (Å²) < 4.78 is 38.6. The Morgan fingerprint density at radius 3 is 2.61 bits per heavy atom. The van der Waals surface area contributed by atoms with Crippen molar-refractivity contribution in [1.82, 2.24) is 9.97 Å². The topological polar surface area (TPSA) is 66.4 Å². The second-order valence-electron chi connectivity index (χ2n) is 7.44. The zero-order valence-corrected chi connectivity index (χ0v) is 18.8. The summed E-state index contributed by atoms with van der Waals surface area (Å²) in [7, 11) is -3.62. The van der Waals surface area contributed by atoms with Crippen LogP contribution in [-0.4, -0.2) is 50.3 Å². The van der Waals surface area contributed by atoms with E-state index < -0.39 is 15.7 Å². The maximum atomic E-state index is 14.0. The molecule has 0 spiro atoms. The summed E-state index contributed by atoms with van der Waals surface area (Å²) in [5, 5.41) is 0. The molecule has 1 aliphatic rings. The molecular weight excluding hydrogens is 447 g/mol. The Hall–Kier alpha value is -1.74. The van der Waals surface area contributed by atoms with Crippen LogP contribution in [0.3, 0.4) is 0 Å². The van der Waals surface area contributed by atoms with E-state index in [0.29, 0.717) is 37.2 Å². The molecule has 0 saturated carbocycles. The first-order valence-electron chi connectivity index (χ1n) is 9.08. The van der Waals surface area contributed by atoms with E-state index in [2.05, 4.69) is 49.5 Å². The summed E-state index contributed by atoms with van der Waals surface area (Å²) >= 11 is 3.43. The van der Waals surface area contributed by atoms with Gasteiger partial charge in [0.15, 0.2) is 9.84 Å². The quantitative estimate of drug-likeness (QED) is 0.681. The molecule has 1 unspecified atom stereocenters. The van der Waals surface area contributed by atoms with Crippen LogP contribution in [-0.2, 0) is 9.84 Å². The minimum Gasteiger partial charge on any atom is -0.368 e. The van der Waals surface area contributed by atoms with E-state index >= 15 is 0 Å². The molecule has 3 rings (SSSR count). The lowest BCUT2D eigenvalue weighted by Crippen LogP contribution is -2.56. The average Bonchev–Trinajstić information content (AvgIpc) is 2.63. The van der Waals surface area contributed by atoms with Crippen LogP contribution in [0.25, 0.3) is 0 Å². The lowest BCUT2D eigenvalue weighted by Gasteiger charge is -2.44. The SMILES string of the molecule is Cc1nc(N2CCN(c3ccc(F)c(S(C)(=O)=O)c3)CC2C(C)C)ncc1Br. The second kappa shape index (κ2) is 7.94. The van der Waals surface area contributed by atoms with Gasteiger partial charge in [-0.05, 0) is 47.0 Å². The minimum atomic E-state index is -3.62. The van der Waals surface area contributed by atoms with Gasteiger partial charge < -0.3 is 9.80 Å². The van der Waals surface area contributed by atoms with Crippen molar-refractivity contribution in [3.8, 4) is 0 Å². The predicted octanol–water partition coefficient (Wildman–Crippen LogP) is 3.44. The molecule has 28 heavy (non-hydrogen) atoms. The van der Waals surface area contributed by atoms with Crippen LogP contribution < -0.4 is 9.80 Å². The lowest BCUT2D eigenvalue weighted by atomic mass is 9.99. The van der Waals surface area contributed by atoms with Crippen LogP contribution in [0.1, 0.15) is 19.5 Å². The zero-order valence-electron chi connectivity index (χ0n) is 16.4. The average molecular weight is 471 g/mol. The van der Waals surface area contributed by atoms with Gasteiger partial charge in [-0.1, -0.05) is 13.8 Å². The third-order valence-electron chi connectivity index (χ3n) is 5.03. The smallest absolute Gasteiger partial charge is 0.225 e. The Morgan fingerprint density at radius 2 is 2.00 bits per heavy atom. The molecule has 1 saturated heterocycles.